The molecule has 0 radical (unpaired) electrons. The molecule has 32 heavy (non-hydrogen) atoms. The number of carbonyl (C=O) groups is 1. The molecule has 2 aliphatic rings. The molecule has 2 aromatic rings. The summed E-state index contributed by atoms with van der Waals surface area (Å²) in [6.45, 7) is 0. The van der Waals surface area contributed by atoms with Gasteiger partial charge in [0.05, 0.1) is 31.4 Å². The van der Waals surface area contributed by atoms with Crippen LogP contribution in [0.25, 0.3) is 0 Å². The molecule has 1 fully saturated rings. The molecule has 0 atom stereocenters. The Balaban J connectivity index is 1.50. The predicted molar refractivity (Wildman–Crippen MR) is 135 cm³/mol. The summed E-state index contributed by atoms with van der Waals surface area (Å²) in [6, 6.07) is 13.4. The van der Waals surface area contributed by atoms with E-state index in [1.807, 2.05) is 24.3 Å². The number of anilines is 1. The summed E-state index contributed by atoms with van der Waals surface area (Å²) in [5, 5.41) is 3.76. The third kappa shape index (κ3) is 5.18. The normalized spacial score (nSPS) is 17.0. The van der Waals surface area contributed by atoms with Crippen molar-refractivity contribution in [1.82, 2.24) is 0 Å². The molecule has 6 nitrogen and oxygen atoms in total. The van der Waals surface area contributed by atoms with Crippen LogP contribution in [0.5, 0.6) is 11.5 Å². The first-order chi connectivity index (χ1) is 15.5. The molecular weight excluding hydrogens is 490 g/mol. The van der Waals surface area contributed by atoms with Crippen LogP contribution in [-0.4, -0.2) is 42.3 Å². The molecule has 2 aromatic carbocycles. The van der Waals surface area contributed by atoms with Gasteiger partial charge < -0.3 is 14.8 Å². The number of ether oxygens (including phenoxy) is 2. The zero-order valence-corrected chi connectivity index (χ0v) is 20.6. The monoisotopic (exact) mass is 515 g/mol. The molecule has 0 aromatic heterocycles. The Bertz CT molecular complexity index is 1050. The number of nitrogens with zero attached hydrogens (tertiary/aromatic N) is 2. The van der Waals surface area contributed by atoms with Crippen molar-refractivity contribution in [2.24, 2.45) is 9.98 Å². The van der Waals surface area contributed by atoms with Crippen LogP contribution in [0.1, 0.15) is 37.7 Å². The van der Waals surface area contributed by atoms with Gasteiger partial charge in [-0.15, -0.1) is 0 Å². The number of halogens is 1. The summed E-state index contributed by atoms with van der Waals surface area (Å²) < 4.78 is 11.6. The van der Waals surface area contributed by atoms with Crippen LogP contribution in [0.15, 0.2) is 56.9 Å². The minimum absolute atomic E-state index is 0.135. The predicted octanol–water partition coefficient (Wildman–Crippen LogP) is 5.70. The lowest BCUT2D eigenvalue weighted by Crippen LogP contribution is -2.25. The molecule has 1 aliphatic carbocycles. The molecule has 0 saturated heterocycles. The molecule has 8 heteroatoms. The van der Waals surface area contributed by atoms with Gasteiger partial charge in [-0.1, -0.05) is 46.2 Å². The van der Waals surface area contributed by atoms with Crippen molar-refractivity contribution in [2.45, 2.75) is 37.8 Å². The zero-order chi connectivity index (χ0) is 22.6. The van der Waals surface area contributed by atoms with Gasteiger partial charge in [-0.05, 0) is 49.9 Å². The van der Waals surface area contributed by atoms with Gasteiger partial charge in [0.25, 0.3) is 0 Å². The summed E-state index contributed by atoms with van der Waals surface area (Å²) in [5.74, 6) is 1.33. The van der Waals surface area contributed by atoms with Crippen LogP contribution >= 0.6 is 27.7 Å². The number of thioether (sulfide) groups is 1. The third-order valence-electron chi connectivity index (χ3n) is 5.62. The highest BCUT2D eigenvalue weighted by atomic mass is 79.9. The van der Waals surface area contributed by atoms with Gasteiger partial charge in [-0.25, -0.2) is 4.99 Å². The number of rotatable bonds is 6. The smallest absolute Gasteiger partial charge is 0.234 e. The van der Waals surface area contributed by atoms with Gasteiger partial charge in [-0.2, -0.15) is 0 Å². The summed E-state index contributed by atoms with van der Waals surface area (Å²) in [7, 11) is 3.16. The van der Waals surface area contributed by atoms with E-state index in [1.165, 1.54) is 18.2 Å². The number of aliphatic imine (C=N–C) groups is 2. The molecule has 1 amide bonds. The van der Waals surface area contributed by atoms with Crippen LogP contribution in [-0.2, 0) is 4.79 Å². The average Bonchev–Trinajstić information content (AvgIpc) is 3.16. The van der Waals surface area contributed by atoms with Gasteiger partial charge in [0, 0.05) is 16.1 Å². The minimum Gasteiger partial charge on any atom is -0.497 e. The van der Waals surface area contributed by atoms with E-state index in [0.717, 1.165) is 46.5 Å². The van der Waals surface area contributed by atoms with Gasteiger partial charge in [0.2, 0.25) is 5.91 Å². The minimum atomic E-state index is -0.366. The van der Waals surface area contributed by atoms with Gasteiger partial charge in [-0.3, -0.25) is 9.79 Å². The summed E-state index contributed by atoms with van der Waals surface area (Å²) >= 11 is 4.93. The number of hydrogen-bond acceptors (Lipinski definition) is 6. The molecule has 168 valence electrons. The Morgan fingerprint density at radius 2 is 1.81 bits per heavy atom. The second-order valence-corrected chi connectivity index (χ2v) is 9.71. The molecule has 4 rings (SSSR count). The van der Waals surface area contributed by atoms with Crippen LogP contribution in [0.3, 0.4) is 0 Å². The third-order valence-corrected chi connectivity index (χ3v) is 7.12. The second-order valence-electron chi connectivity index (χ2n) is 7.83. The molecule has 1 spiro atoms. The van der Waals surface area contributed by atoms with E-state index in [4.69, 9.17) is 19.5 Å². The Morgan fingerprint density at radius 1 is 1.06 bits per heavy atom. The Morgan fingerprint density at radius 3 is 2.50 bits per heavy atom. The van der Waals surface area contributed by atoms with Gasteiger partial charge >= 0.3 is 0 Å². The summed E-state index contributed by atoms with van der Waals surface area (Å²) in [5.41, 5.74) is 2.12. The van der Waals surface area contributed by atoms with Crippen molar-refractivity contribution < 1.29 is 14.3 Å². The molecule has 1 aliphatic heterocycles. The second kappa shape index (κ2) is 10.1. The van der Waals surface area contributed by atoms with E-state index < -0.39 is 0 Å². The molecule has 1 N–H and O–H groups in total. The van der Waals surface area contributed by atoms with Crippen molar-refractivity contribution in [2.75, 3.05) is 25.3 Å². The van der Waals surface area contributed by atoms with Crippen LogP contribution in [0, 0.1) is 0 Å². The largest absolute Gasteiger partial charge is 0.497 e. The Kier molecular flexibility index (Phi) is 7.20. The summed E-state index contributed by atoms with van der Waals surface area (Å²) in [6.07, 6.45) is 5.42. The van der Waals surface area contributed by atoms with Crippen molar-refractivity contribution in [3.63, 3.8) is 0 Å². The van der Waals surface area contributed by atoms with Crippen LogP contribution in [0.4, 0.5) is 5.69 Å². The topological polar surface area (TPSA) is 72.3 Å². The standard InChI is InChI=1S/C24H26BrN3O3S/c1-30-18-10-11-20(31-2)19(14-18)26-21(29)15-32-23-22(16-6-8-17(25)9-7-16)27-24(28-23)12-4-3-5-13-24/h6-11,14H,3-5,12-13,15H2,1-2H3,(H,26,29). The van der Waals surface area contributed by atoms with Crippen LogP contribution in [0.2, 0.25) is 0 Å². The lowest BCUT2D eigenvalue weighted by molar-refractivity contribution is -0.113. The van der Waals surface area contributed by atoms with E-state index in [1.54, 1.807) is 32.4 Å². The Labute approximate surface area is 201 Å². The number of benzene rings is 2. The molecule has 1 saturated carbocycles. The van der Waals surface area contributed by atoms with E-state index in [-0.39, 0.29) is 17.3 Å². The lowest BCUT2D eigenvalue weighted by atomic mass is 9.90. The fourth-order valence-electron chi connectivity index (χ4n) is 3.99. The highest BCUT2D eigenvalue weighted by Crippen LogP contribution is 2.39. The molecule has 0 unspecified atom stereocenters. The first kappa shape index (κ1) is 22.9. The highest BCUT2D eigenvalue weighted by Gasteiger charge is 2.37. The first-order valence-corrected chi connectivity index (χ1v) is 12.4. The Hall–Kier alpha value is -2.32. The maximum atomic E-state index is 12.8. The number of amides is 1. The zero-order valence-electron chi connectivity index (χ0n) is 18.2. The number of nitrogens with one attached hydrogen (secondary N) is 1. The maximum absolute atomic E-state index is 12.8. The fraction of sp³-hybridized carbons (Fsp3) is 0.375. The molecular formula is C24H26BrN3O3S. The van der Waals surface area contributed by atoms with Crippen molar-refractivity contribution in [1.29, 1.82) is 0 Å². The SMILES string of the molecule is COc1ccc(OC)c(NC(=O)CSC2=NC3(CCCCC3)N=C2c2ccc(Br)cc2)c1. The number of carbonyl (C=O) groups excluding carboxylic acids is 1. The summed E-state index contributed by atoms with van der Waals surface area (Å²) in [4.78, 5) is 22.9. The first-order valence-electron chi connectivity index (χ1n) is 10.6. The fourth-order valence-corrected chi connectivity index (χ4v) is 5.13. The van der Waals surface area contributed by atoms with Crippen molar-refractivity contribution in [3.05, 3.63) is 52.5 Å². The van der Waals surface area contributed by atoms with Crippen molar-refractivity contribution in [3.8, 4) is 11.5 Å². The van der Waals surface area contributed by atoms with Gasteiger partial charge in [0.1, 0.15) is 16.5 Å². The van der Waals surface area contributed by atoms with E-state index >= 15 is 0 Å². The average molecular weight is 516 g/mol. The van der Waals surface area contributed by atoms with E-state index in [0.29, 0.717) is 17.2 Å². The highest BCUT2D eigenvalue weighted by molar-refractivity contribution is 9.10. The van der Waals surface area contributed by atoms with Crippen molar-refractivity contribution >= 4 is 50.0 Å². The van der Waals surface area contributed by atoms with E-state index in [2.05, 4.69) is 21.2 Å². The number of methoxy groups -OCH3 is 2. The maximum Gasteiger partial charge on any atom is 0.234 e. The molecule has 0 bridgehead atoms. The van der Waals surface area contributed by atoms with E-state index in [9.17, 15) is 4.79 Å². The quantitative estimate of drug-likeness (QED) is 0.535. The van der Waals surface area contributed by atoms with Gasteiger partial charge in [0.15, 0.2) is 5.66 Å². The lowest BCUT2D eigenvalue weighted by Gasteiger charge is -2.27. The van der Waals surface area contributed by atoms with Crippen LogP contribution < -0.4 is 14.8 Å². The number of hydrogen-bond donors (Lipinski definition) is 1. The molecule has 1 heterocycles.